The molecule has 0 saturated heterocycles. The Morgan fingerprint density at radius 1 is 0.944 bits per heavy atom. The Bertz CT molecular complexity index is 2390. The minimum absolute atomic E-state index is 0.0853. The molecule has 3 aromatic heterocycles. The molecule has 6 aromatic rings. The molecule has 8 rings (SSSR count). The van der Waals surface area contributed by atoms with Crippen molar-refractivity contribution in [3.8, 4) is 10.7 Å². The number of amides is 2. The van der Waals surface area contributed by atoms with E-state index in [0.717, 1.165) is 68.2 Å². The van der Waals surface area contributed by atoms with Crippen LogP contribution in [0.2, 0.25) is 0 Å². The largest absolute Gasteiger partial charge is 0.378 e. The summed E-state index contributed by atoms with van der Waals surface area (Å²) in [6.45, 7) is 11.1. The van der Waals surface area contributed by atoms with Gasteiger partial charge in [0.05, 0.1) is 29.3 Å². The van der Waals surface area contributed by atoms with Gasteiger partial charge in [0, 0.05) is 58.4 Å². The van der Waals surface area contributed by atoms with Crippen LogP contribution in [0, 0.1) is 20.8 Å². The monoisotopic (exact) mass is 738 g/mol. The zero-order valence-corrected chi connectivity index (χ0v) is 31.8. The number of carbonyl (C=O) groups is 2. The lowest BCUT2D eigenvalue weighted by molar-refractivity contribution is -0.118. The van der Waals surface area contributed by atoms with Gasteiger partial charge in [-0.2, -0.15) is 0 Å². The van der Waals surface area contributed by atoms with Crippen molar-refractivity contribution in [2.75, 3.05) is 16.8 Å². The molecule has 2 N–H and O–H groups in total. The van der Waals surface area contributed by atoms with Crippen molar-refractivity contribution in [3.63, 3.8) is 0 Å². The standard InChI is InChI=1S/C41H42N10O2S/c1-6-37(52)50-24(2)21-34(33-9-7-8-10-35(33)50)44-30-15-17-32(18-16-30)49-23-31(46-48-49)19-20-42-40(53)29-13-11-28(12-14-29)39-38-25(3)26(4)54-41(38)51-27(5)45-47-36(51)22-43-39/h7-18,23-24,34,44H,6,19-22H2,1-5H3,(H,42,53)/t24-,34+/m0/s1. The van der Waals surface area contributed by atoms with E-state index in [9.17, 15) is 9.59 Å². The highest BCUT2D eigenvalue weighted by atomic mass is 32.1. The van der Waals surface area contributed by atoms with Crippen molar-refractivity contribution >= 4 is 40.2 Å². The lowest BCUT2D eigenvalue weighted by Crippen LogP contribution is -2.44. The topological polar surface area (TPSA) is 135 Å². The third-order valence-electron chi connectivity index (χ3n) is 10.3. The minimum atomic E-state index is -0.149. The highest BCUT2D eigenvalue weighted by Gasteiger charge is 2.33. The Hall–Kier alpha value is -5.95. The number of nitrogens with one attached hydrogen (secondary N) is 2. The number of carbonyl (C=O) groups excluding carboxylic acids is 2. The molecule has 0 aliphatic carbocycles. The summed E-state index contributed by atoms with van der Waals surface area (Å²) in [7, 11) is 0. The number of hydrogen-bond donors (Lipinski definition) is 2. The molecule has 12 nitrogen and oxygen atoms in total. The average Bonchev–Trinajstić information content (AvgIpc) is 3.85. The number of aliphatic imine (C=N–C) groups is 1. The van der Waals surface area contributed by atoms with Crippen LogP contribution in [0.4, 0.5) is 11.4 Å². The normalized spacial score (nSPS) is 16.2. The Balaban J connectivity index is 0.875. The minimum Gasteiger partial charge on any atom is -0.378 e. The van der Waals surface area contributed by atoms with E-state index in [4.69, 9.17) is 4.99 Å². The van der Waals surface area contributed by atoms with Gasteiger partial charge in [-0.15, -0.1) is 26.6 Å². The van der Waals surface area contributed by atoms with Gasteiger partial charge in [-0.05, 0) is 87.7 Å². The summed E-state index contributed by atoms with van der Waals surface area (Å²) in [6.07, 6.45) is 3.73. The predicted octanol–water partition coefficient (Wildman–Crippen LogP) is 6.85. The predicted molar refractivity (Wildman–Crippen MR) is 211 cm³/mol. The molecule has 2 amide bonds. The first-order valence-electron chi connectivity index (χ1n) is 18.3. The third kappa shape index (κ3) is 6.48. The van der Waals surface area contributed by atoms with Gasteiger partial charge in [0.15, 0.2) is 5.82 Å². The molecule has 2 aliphatic rings. The van der Waals surface area contributed by atoms with E-state index in [1.165, 1.54) is 10.4 Å². The molecule has 0 radical (unpaired) electrons. The van der Waals surface area contributed by atoms with E-state index in [2.05, 4.69) is 62.5 Å². The highest BCUT2D eigenvalue weighted by molar-refractivity contribution is 7.15. The average molecular weight is 739 g/mol. The van der Waals surface area contributed by atoms with E-state index in [1.807, 2.05) is 91.7 Å². The summed E-state index contributed by atoms with van der Waals surface area (Å²) < 4.78 is 3.85. The van der Waals surface area contributed by atoms with Crippen molar-refractivity contribution in [2.45, 2.75) is 72.5 Å². The van der Waals surface area contributed by atoms with Crippen molar-refractivity contribution in [2.24, 2.45) is 4.99 Å². The second-order valence-electron chi connectivity index (χ2n) is 13.9. The first-order valence-corrected chi connectivity index (χ1v) is 19.2. The van der Waals surface area contributed by atoms with Crippen LogP contribution in [0.1, 0.15) is 87.6 Å². The first kappa shape index (κ1) is 35.1. The quantitative estimate of drug-likeness (QED) is 0.166. The number of fused-ring (bicyclic) bond motifs is 4. The van der Waals surface area contributed by atoms with Gasteiger partial charge >= 0.3 is 0 Å². The molecule has 0 bridgehead atoms. The zero-order chi connectivity index (χ0) is 37.5. The highest BCUT2D eigenvalue weighted by Crippen LogP contribution is 2.39. The van der Waals surface area contributed by atoms with Crippen LogP contribution in [0.25, 0.3) is 10.7 Å². The smallest absolute Gasteiger partial charge is 0.251 e. The van der Waals surface area contributed by atoms with Crippen molar-refractivity contribution in [1.29, 1.82) is 0 Å². The second-order valence-corrected chi connectivity index (χ2v) is 15.1. The van der Waals surface area contributed by atoms with Crippen LogP contribution in [-0.4, -0.2) is 59.9 Å². The molecule has 3 aromatic carbocycles. The number of anilines is 2. The number of thiophene rings is 1. The summed E-state index contributed by atoms with van der Waals surface area (Å²) in [6, 6.07) is 24.0. The van der Waals surface area contributed by atoms with E-state index >= 15 is 0 Å². The Morgan fingerprint density at radius 3 is 2.50 bits per heavy atom. The van der Waals surface area contributed by atoms with E-state index in [-0.39, 0.29) is 23.9 Å². The number of para-hydroxylation sites is 1. The molecule has 274 valence electrons. The fraction of sp³-hybridized carbons (Fsp3) is 0.293. The molecular formula is C41H42N10O2S. The van der Waals surface area contributed by atoms with Gasteiger partial charge in [0.2, 0.25) is 5.91 Å². The summed E-state index contributed by atoms with van der Waals surface area (Å²) in [4.78, 5) is 34.0. The molecular weight excluding hydrogens is 697 g/mol. The first-order chi connectivity index (χ1) is 26.2. The molecule has 5 heterocycles. The van der Waals surface area contributed by atoms with Gasteiger partial charge in [-0.1, -0.05) is 42.5 Å². The number of hydrogen-bond acceptors (Lipinski definition) is 9. The molecule has 0 spiro atoms. The summed E-state index contributed by atoms with van der Waals surface area (Å²) in [5.74, 6) is 1.66. The molecule has 2 atom stereocenters. The number of aromatic nitrogens is 6. The van der Waals surface area contributed by atoms with Gasteiger partial charge in [-0.25, -0.2) is 4.68 Å². The maximum Gasteiger partial charge on any atom is 0.251 e. The van der Waals surface area contributed by atoms with Crippen molar-refractivity contribution in [3.05, 3.63) is 129 Å². The van der Waals surface area contributed by atoms with Gasteiger partial charge < -0.3 is 15.5 Å². The van der Waals surface area contributed by atoms with Gasteiger partial charge in [0.25, 0.3) is 5.91 Å². The lowest BCUT2D eigenvalue weighted by atomic mass is 9.91. The van der Waals surface area contributed by atoms with Crippen LogP contribution >= 0.6 is 11.3 Å². The number of benzene rings is 3. The van der Waals surface area contributed by atoms with Crippen molar-refractivity contribution in [1.82, 2.24) is 35.1 Å². The fourth-order valence-electron chi connectivity index (χ4n) is 7.42. The molecule has 0 unspecified atom stereocenters. The Morgan fingerprint density at radius 2 is 1.72 bits per heavy atom. The Labute approximate surface area is 318 Å². The number of aryl methyl sites for hydroxylation is 2. The SMILES string of the molecule is CCC(=O)N1c2ccccc2[C@H](Nc2ccc(-n3cc(CCNC(=O)c4ccc(C5=NCc6nnc(C)n6-c6sc(C)c(C)c65)cc4)nn3)cc2)C[C@@H]1C. The van der Waals surface area contributed by atoms with Crippen LogP contribution in [-0.2, 0) is 17.8 Å². The maximum atomic E-state index is 13.1. The summed E-state index contributed by atoms with van der Waals surface area (Å²) in [5, 5.41) is 25.1. The Kier molecular flexibility index (Phi) is 9.40. The lowest BCUT2D eigenvalue weighted by Gasteiger charge is -2.40. The van der Waals surface area contributed by atoms with E-state index < -0.39 is 0 Å². The summed E-state index contributed by atoms with van der Waals surface area (Å²) in [5.41, 5.74) is 9.48. The van der Waals surface area contributed by atoms with Crippen LogP contribution in [0.15, 0.2) is 84.0 Å². The molecule has 54 heavy (non-hydrogen) atoms. The van der Waals surface area contributed by atoms with Crippen molar-refractivity contribution < 1.29 is 9.59 Å². The molecule has 0 saturated carbocycles. The second kappa shape index (κ2) is 14.5. The van der Waals surface area contributed by atoms with Crippen LogP contribution in [0.5, 0.6) is 0 Å². The maximum absolute atomic E-state index is 13.1. The molecule has 0 fully saturated rings. The van der Waals surface area contributed by atoms with Crippen LogP contribution < -0.4 is 15.5 Å². The number of rotatable bonds is 9. The fourth-order valence-corrected chi connectivity index (χ4v) is 8.64. The van der Waals surface area contributed by atoms with E-state index in [0.29, 0.717) is 31.5 Å². The zero-order valence-electron chi connectivity index (χ0n) is 31.0. The molecule has 13 heteroatoms. The van der Waals surface area contributed by atoms with E-state index in [1.54, 1.807) is 16.0 Å². The number of nitrogens with zero attached hydrogens (tertiary/aromatic N) is 8. The molecule has 2 aliphatic heterocycles. The van der Waals surface area contributed by atoms with Crippen LogP contribution in [0.3, 0.4) is 0 Å². The third-order valence-corrected chi connectivity index (χ3v) is 11.5. The van der Waals surface area contributed by atoms with Gasteiger partial charge in [0.1, 0.15) is 17.4 Å². The summed E-state index contributed by atoms with van der Waals surface area (Å²) >= 11 is 1.73. The van der Waals surface area contributed by atoms with Gasteiger partial charge in [-0.3, -0.25) is 19.1 Å².